The van der Waals surface area contributed by atoms with E-state index in [1.54, 1.807) is 26.0 Å². The van der Waals surface area contributed by atoms with Crippen LogP contribution in [0.15, 0.2) is 53.4 Å². The molecule has 0 radical (unpaired) electrons. The SMILES string of the molecule is COCOc1cccc(OCOC)c1CSc1ccccc1. The molecule has 22 heavy (non-hydrogen) atoms. The minimum absolute atomic E-state index is 0.205. The van der Waals surface area contributed by atoms with E-state index in [1.165, 1.54) is 4.90 Å². The fraction of sp³-hybridized carbons (Fsp3) is 0.294. The Morgan fingerprint density at radius 1 is 0.773 bits per heavy atom. The third kappa shape index (κ3) is 4.94. The second-order valence-corrected chi connectivity index (χ2v) is 5.49. The fourth-order valence-electron chi connectivity index (χ4n) is 1.88. The molecule has 0 bridgehead atoms. The summed E-state index contributed by atoms with van der Waals surface area (Å²) in [5, 5.41) is 0. The quantitative estimate of drug-likeness (QED) is 0.516. The molecular formula is C17H20O4S. The molecule has 0 aliphatic carbocycles. The van der Waals surface area contributed by atoms with Gasteiger partial charge in [-0.05, 0) is 24.3 Å². The summed E-state index contributed by atoms with van der Waals surface area (Å²) in [6.45, 7) is 0.410. The smallest absolute Gasteiger partial charge is 0.188 e. The molecule has 0 saturated heterocycles. The zero-order chi connectivity index (χ0) is 15.6. The van der Waals surface area contributed by atoms with Crippen molar-refractivity contribution in [3.63, 3.8) is 0 Å². The van der Waals surface area contributed by atoms with Crippen LogP contribution in [-0.2, 0) is 15.2 Å². The Morgan fingerprint density at radius 2 is 1.36 bits per heavy atom. The molecule has 0 atom stereocenters. The van der Waals surface area contributed by atoms with E-state index in [0.717, 1.165) is 22.8 Å². The van der Waals surface area contributed by atoms with E-state index in [9.17, 15) is 0 Å². The molecule has 4 nitrogen and oxygen atoms in total. The molecule has 0 fully saturated rings. The predicted molar refractivity (Wildman–Crippen MR) is 87.5 cm³/mol. The van der Waals surface area contributed by atoms with Gasteiger partial charge in [0, 0.05) is 30.4 Å². The van der Waals surface area contributed by atoms with Crippen LogP contribution in [0.1, 0.15) is 5.56 Å². The number of hydrogen-bond acceptors (Lipinski definition) is 5. The number of hydrogen-bond donors (Lipinski definition) is 0. The first-order chi connectivity index (χ1) is 10.8. The van der Waals surface area contributed by atoms with Gasteiger partial charge in [-0.1, -0.05) is 24.3 Å². The molecule has 0 aliphatic rings. The Kier molecular flexibility index (Phi) is 7.09. The minimum Gasteiger partial charge on any atom is -0.467 e. The van der Waals surface area contributed by atoms with Gasteiger partial charge >= 0.3 is 0 Å². The van der Waals surface area contributed by atoms with Gasteiger partial charge < -0.3 is 18.9 Å². The van der Waals surface area contributed by atoms with Crippen LogP contribution in [0.25, 0.3) is 0 Å². The van der Waals surface area contributed by atoms with E-state index >= 15 is 0 Å². The number of methoxy groups -OCH3 is 2. The maximum absolute atomic E-state index is 5.64. The number of ether oxygens (including phenoxy) is 4. The van der Waals surface area contributed by atoms with Crippen molar-refractivity contribution in [2.75, 3.05) is 27.8 Å². The molecule has 2 rings (SSSR count). The van der Waals surface area contributed by atoms with Gasteiger partial charge in [0.25, 0.3) is 0 Å². The highest BCUT2D eigenvalue weighted by atomic mass is 32.2. The van der Waals surface area contributed by atoms with Gasteiger partial charge in [-0.3, -0.25) is 0 Å². The molecule has 0 heterocycles. The molecule has 118 valence electrons. The molecule has 2 aromatic rings. The van der Waals surface area contributed by atoms with E-state index in [-0.39, 0.29) is 13.6 Å². The van der Waals surface area contributed by atoms with Crippen LogP contribution < -0.4 is 9.47 Å². The Morgan fingerprint density at radius 3 is 1.91 bits per heavy atom. The van der Waals surface area contributed by atoms with Crippen molar-refractivity contribution < 1.29 is 18.9 Å². The van der Waals surface area contributed by atoms with Crippen molar-refractivity contribution in [3.8, 4) is 11.5 Å². The largest absolute Gasteiger partial charge is 0.467 e. The summed E-state index contributed by atoms with van der Waals surface area (Å²) < 4.78 is 21.3. The van der Waals surface area contributed by atoms with E-state index in [2.05, 4.69) is 12.1 Å². The van der Waals surface area contributed by atoms with Gasteiger partial charge in [-0.15, -0.1) is 11.8 Å². The lowest BCUT2D eigenvalue weighted by atomic mass is 10.2. The first kappa shape index (κ1) is 16.7. The lowest BCUT2D eigenvalue weighted by molar-refractivity contribution is 0.0450. The third-order valence-electron chi connectivity index (χ3n) is 2.88. The second kappa shape index (κ2) is 9.35. The van der Waals surface area contributed by atoms with Gasteiger partial charge in [0.15, 0.2) is 13.6 Å². The summed E-state index contributed by atoms with van der Waals surface area (Å²) in [4.78, 5) is 1.20. The molecule has 0 unspecified atom stereocenters. The van der Waals surface area contributed by atoms with Crippen LogP contribution >= 0.6 is 11.8 Å². The van der Waals surface area contributed by atoms with Crippen molar-refractivity contribution in [1.29, 1.82) is 0 Å². The van der Waals surface area contributed by atoms with E-state index in [1.807, 2.05) is 36.4 Å². The number of thioether (sulfide) groups is 1. The van der Waals surface area contributed by atoms with Crippen LogP contribution in [0.3, 0.4) is 0 Å². The maximum Gasteiger partial charge on any atom is 0.188 e. The summed E-state index contributed by atoms with van der Waals surface area (Å²) >= 11 is 1.73. The Balaban J connectivity index is 2.16. The topological polar surface area (TPSA) is 36.9 Å². The van der Waals surface area contributed by atoms with Crippen LogP contribution in [0, 0.1) is 0 Å². The van der Waals surface area contributed by atoms with Gasteiger partial charge in [-0.2, -0.15) is 0 Å². The molecule has 5 heteroatoms. The van der Waals surface area contributed by atoms with Gasteiger partial charge in [0.2, 0.25) is 0 Å². The van der Waals surface area contributed by atoms with Crippen molar-refractivity contribution in [3.05, 3.63) is 54.1 Å². The first-order valence-corrected chi connectivity index (χ1v) is 7.87. The highest BCUT2D eigenvalue weighted by molar-refractivity contribution is 7.98. The predicted octanol–water partition coefficient (Wildman–Crippen LogP) is 3.94. The second-order valence-electron chi connectivity index (χ2n) is 4.44. The molecule has 0 aromatic heterocycles. The maximum atomic E-state index is 5.64. The van der Waals surface area contributed by atoms with Crippen LogP contribution in [0.2, 0.25) is 0 Å². The highest BCUT2D eigenvalue weighted by Crippen LogP contribution is 2.34. The van der Waals surface area contributed by atoms with Crippen molar-refractivity contribution in [1.82, 2.24) is 0 Å². The van der Waals surface area contributed by atoms with Crippen LogP contribution in [-0.4, -0.2) is 27.8 Å². The minimum atomic E-state index is 0.205. The fourth-order valence-corrected chi connectivity index (χ4v) is 2.82. The van der Waals surface area contributed by atoms with E-state index < -0.39 is 0 Å². The van der Waals surface area contributed by atoms with Gasteiger partial charge in [0.1, 0.15) is 11.5 Å². The molecular weight excluding hydrogens is 300 g/mol. The van der Waals surface area contributed by atoms with E-state index in [0.29, 0.717) is 0 Å². The van der Waals surface area contributed by atoms with Gasteiger partial charge in [-0.25, -0.2) is 0 Å². The van der Waals surface area contributed by atoms with Crippen molar-refractivity contribution in [2.24, 2.45) is 0 Å². The molecule has 0 amide bonds. The van der Waals surface area contributed by atoms with Crippen LogP contribution in [0.5, 0.6) is 11.5 Å². The lowest BCUT2D eigenvalue weighted by Gasteiger charge is -2.15. The summed E-state index contributed by atoms with van der Waals surface area (Å²) in [6.07, 6.45) is 0. The normalized spacial score (nSPS) is 10.5. The third-order valence-corrected chi connectivity index (χ3v) is 3.92. The molecule has 0 aliphatic heterocycles. The van der Waals surface area contributed by atoms with Crippen LogP contribution in [0.4, 0.5) is 0 Å². The summed E-state index contributed by atoms with van der Waals surface area (Å²) in [5.41, 5.74) is 0.991. The lowest BCUT2D eigenvalue weighted by Crippen LogP contribution is -2.05. The standard InChI is InChI=1S/C17H20O4S/c1-18-12-20-16-9-6-10-17(21-13-19-2)15(16)11-22-14-7-4-3-5-8-14/h3-10H,11-13H2,1-2H3. The summed E-state index contributed by atoms with van der Waals surface area (Å²) in [7, 11) is 3.20. The summed E-state index contributed by atoms with van der Waals surface area (Å²) in [5.74, 6) is 2.26. The average Bonchev–Trinajstić information content (AvgIpc) is 2.57. The van der Waals surface area contributed by atoms with Gasteiger partial charge in [0.05, 0.1) is 0 Å². The molecule has 0 N–H and O–H groups in total. The molecule has 0 spiro atoms. The Bertz CT molecular complexity index is 534. The number of rotatable bonds is 9. The number of benzene rings is 2. The van der Waals surface area contributed by atoms with Crippen molar-refractivity contribution >= 4 is 11.8 Å². The first-order valence-electron chi connectivity index (χ1n) is 6.88. The Labute approximate surface area is 135 Å². The highest BCUT2D eigenvalue weighted by Gasteiger charge is 2.12. The zero-order valence-corrected chi connectivity index (χ0v) is 13.6. The summed E-state index contributed by atoms with van der Waals surface area (Å²) in [6, 6.07) is 16.0. The monoisotopic (exact) mass is 320 g/mol. The van der Waals surface area contributed by atoms with Crippen molar-refractivity contribution in [2.45, 2.75) is 10.6 Å². The molecule has 2 aromatic carbocycles. The Hall–Kier alpha value is -1.69. The molecule has 0 saturated carbocycles. The average molecular weight is 320 g/mol. The zero-order valence-electron chi connectivity index (χ0n) is 12.8. The van der Waals surface area contributed by atoms with E-state index in [4.69, 9.17) is 18.9 Å².